The van der Waals surface area contributed by atoms with Crippen molar-refractivity contribution in [3.05, 3.63) is 83.2 Å². The van der Waals surface area contributed by atoms with Gasteiger partial charge in [-0.3, -0.25) is 0 Å². The molecule has 0 unspecified atom stereocenters. The van der Waals surface area contributed by atoms with Crippen LogP contribution in [0.4, 0.5) is 0 Å². The lowest BCUT2D eigenvalue weighted by Gasteiger charge is -2.62. The number of hydrogen-bond acceptors (Lipinski definition) is 12. The van der Waals surface area contributed by atoms with Crippen molar-refractivity contribution in [2.45, 2.75) is 77.8 Å². The fraction of sp³-hybridized carbons (Fsp3) is 0.429. The highest BCUT2D eigenvalue weighted by atomic mass is 28.6. The maximum Gasteiger partial charge on any atom is 0.507 e. The van der Waals surface area contributed by atoms with Crippen LogP contribution in [0.1, 0.15) is 52.7 Å². The van der Waals surface area contributed by atoms with Crippen LogP contribution in [0.5, 0.6) is 0 Å². The Hall–Kier alpha value is -0.825. The largest absolute Gasteiger partial charge is 0.507 e. The second-order valence-corrected chi connectivity index (χ2v) is 37.5. The van der Waals surface area contributed by atoms with Crippen LogP contribution in [0.25, 0.3) is 12.2 Å². The number of rotatable bonds is 10. The van der Waals surface area contributed by atoms with Gasteiger partial charge in [0.1, 0.15) is 0 Å². The summed E-state index contributed by atoms with van der Waals surface area (Å²) in [6.07, 6.45) is 3.89. The first-order chi connectivity index (χ1) is 23.0. The monoisotopic (exact) mass is 796 g/mol. The SMILES string of the molecule is CC[Si]12O[Si]3(/C=C/c4ccccc4)O[Si]4(CC)O[Si](/C=C/c5ccccc5)(O1)O[Si]1(CC)O[Si](CC)(O2)O[Si](CC)(O3)O[Si](CC)(O4)O1. The highest BCUT2D eigenvalue weighted by Gasteiger charge is 2.81. The van der Waals surface area contributed by atoms with Crippen molar-refractivity contribution in [3.63, 3.8) is 0 Å². The van der Waals surface area contributed by atoms with E-state index in [4.69, 9.17) is 49.4 Å². The molecule has 0 atom stereocenters. The molecule has 6 saturated heterocycles. The summed E-state index contributed by atoms with van der Waals surface area (Å²) in [6.45, 7) is 11.9. The van der Waals surface area contributed by atoms with E-state index in [0.29, 0.717) is 36.3 Å². The van der Waals surface area contributed by atoms with Gasteiger partial charge in [0.25, 0.3) is 0 Å². The zero-order valence-corrected chi connectivity index (χ0v) is 36.2. The number of hydrogen-bond donors (Lipinski definition) is 0. The van der Waals surface area contributed by atoms with Crippen molar-refractivity contribution >= 4 is 82.6 Å². The van der Waals surface area contributed by atoms with E-state index in [0.717, 1.165) is 11.1 Å². The first-order valence-corrected chi connectivity index (χ1v) is 32.1. The van der Waals surface area contributed by atoms with Crippen molar-refractivity contribution in [2.24, 2.45) is 0 Å². The molecule has 48 heavy (non-hydrogen) atoms. The van der Waals surface area contributed by atoms with Crippen molar-refractivity contribution in [3.8, 4) is 0 Å². The van der Waals surface area contributed by atoms with Gasteiger partial charge in [0.05, 0.1) is 0 Å². The molecule has 0 N–H and O–H groups in total. The third kappa shape index (κ3) is 6.42. The molecule has 0 aliphatic carbocycles. The Morgan fingerprint density at radius 1 is 0.354 bits per heavy atom. The second kappa shape index (κ2) is 13.0. The van der Waals surface area contributed by atoms with Crippen LogP contribution in [-0.4, -0.2) is 70.4 Å². The van der Waals surface area contributed by atoms with Gasteiger partial charge < -0.3 is 49.4 Å². The van der Waals surface area contributed by atoms with Crippen molar-refractivity contribution in [2.75, 3.05) is 0 Å². The molecule has 6 fully saturated rings. The lowest BCUT2D eigenvalue weighted by molar-refractivity contribution is -0.0230. The average Bonchev–Trinajstić information content (AvgIpc) is 3.07. The molecule has 6 heterocycles. The van der Waals surface area contributed by atoms with Crippen molar-refractivity contribution in [1.82, 2.24) is 0 Å². The molecule has 0 aromatic heterocycles. The Morgan fingerprint density at radius 2 is 0.583 bits per heavy atom. The highest BCUT2D eigenvalue weighted by Crippen LogP contribution is 2.52. The van der Waals surface area contributed by atoms with Crippen LogP contribution in [0, 0.1) is 0 Å². The summed E-state index contributed by atoms with van der Waals surface area (Å²) < 4.78 is 87.1. The normalized spacial score (nSPS) is 43.6. The first kappa shape index (κ1) is 35.6. The summed E-state index contributed by atoms with van der Waals surface area (Å²) in [7, 11) is -30.7. The van der Waals surface area contributed by atoms with E-state index in [1.165, 1.54) is 0 Å². The molecule has 0 spiro atoms. The van der Waals surface area contributed by atoms with Gasteiger partial charge in [-0.15, -0.1) is 0 Å². The quantitative estimate of drug-likeness (QED) is 0.249. The minimum atomic E-state index is -4.01. The summed E-state index contributed by atoms with van der Waals surface area (Å²) in [4.78, 5) is 0. The van der Waals surface area contributed by atoms with Gasteiger partial charge in [-0.05, 0) is 22.5 Å². The molecular formula is C28H44O12Si8. The van der Waals surface area contributed by atoms with Crippen LogP contribution >= 0.6 is 0 Å². The Labute approximate surface area is 291 Å². The van der Waals surface area contributed by atoms with Gasteiger partial charge in [0.15, 0.2) is 0 Å². The predicted molar refractivity (Wildman–Crippen MR) is 193 cm³/mol. The zero-order chi connectivity index (χ0) is 33.8. The summed E-state index contributed by atoms with van der Waals surface area (Å²) in [5, 5.41) is 0. The molecular weight excluding hydrogens is 753 g/mol. The average molecular weight is 797 g/mol. The maximum atomic E-state index is 7.31. The fourth-order valence-corrected chi connectivity index (χ4v) is 53.8. The minimum absolute atomic E-state index is 0.355. The molecule has 2 aromatic rings. The minimum Gasteiger partial charge on any atom is -0.373 e. The van der Waals surface area contributed by atoms with Gasteiger partial charge in [0.2, 0.25) is 0 Å². The van der Waals surface area contributed by atoms with E-state index < -0.39 is 70.4 Å². The molecule has 20 heteroatoms. The van der Waals surface area contributed by atoms with Crippen LogP contribution in [0.2, 0.25) is 36.3 Å². The van der Waals surface area contributed by atoms with Crippen molar-refractivity contribution in [1.29, 1.82) is 0 Å². The third-order valence-electron chi connectivity index (χ3n) is 8.81. The first-order valence-electron chi connectivity index (χ1n) is 16.9. The van der Waals surface area contributed by atoms with E-state index >= 15 is 0 Å². The van der Waals surface area contributed by atoms with Crippen LogP contribution in [-0.2, 0) is 49.4 Å². The third-order valence-corrected chi connectivity index (χ3v) is 44.4. The van der Waals surface area contributed by atoms with E-state index in [1.807, 2.05) is 126 Å². The Bertz CT molecular complexity index is 1400. The summed E-state index contributed by atoms with van der Waals surface area (Å²) in [5.74, 6) is 0. The fourth-order valence-electron chi connectivity index (χ4n) is 6.25. The van der Waals surface area contributed by atoms with E-state index in [-0.39, 0.29) is 0 Å². The molecule has 0 amide bonds. The highest BCUT2D eigenvalue weighted by molar-refractivity contribution is 7.04. The van der Waals surface area contributed by atoms with Gasteiger partial charge in [0, 0.05) is 36.3 Å². The van der Waals surface area contributed by atoms with Crippen LogP contribution in [0.3, 0.4) is 0 Å². The molecule has 0 radical (unpaired) electrons. The van der Waals surface area contributed by atoms with Crippen LogP contribution < -0.4 is 0 Å². The molecule has 260 valence electrons. The summed E-state index contributed by atoms with van der Waals surface area (Å²) >= 11 is 0. The molecule has 6 aliphatic heterocycles. The molecule has 2 aromatic carbocycles. The van der Waals surface area contributed by atoms with E-state index in [9.17, 15) is 0 Å². The second-order valence-electron chi connectivity index (χ2n) is 12.1. The lowest BCUT2D eigenvalue weighted by atomic mass is 10.2. The van der Waals surface area contributed by atoms with Gasteiger partial charge in [-0.2, -0.15) is 0 Å². The summed E-state index contributed by atoms with van der Waals surface area (Å²) in [6, 6.07) is 22.1. The van der Waals surface area contributed by atoms with Gasteiger partial charge >= 0.3 is 70.4 Å². The van der Waals surface area contributed by atoms with Crippen molar-refractivity contribution < 1.29 is 49.4 Å². The number of benzene rings is 2. The standard InChI is InChI=1S/C28H44O12Si8/c1-7-41-29-43(9-3)31-42(8-2)32-44(10-4,30-41)36-48(26-24-28-21-17-14-18-22-28)38-45(11-5,33-41)37-47(35-43,39-46(12-6,34-42)40-48)25-23-27-19-15-13-16-20-27/h13-26H,7-12H2,1-6H3/b25-23+,26-24+. The molecule has 12 nitrogen and oxygen atoms in total. The topological polar surface area (TPSA) is 111 Å². The molecule has 6 aliphatic rings. The Balaban J connectivity index is 1.52. The van der Waals surface area contributed by atoms with Gasteiger partial charge in [-0.25, -0.2) is 0 Å². The van der Waals surface area contributed by atoms with E-state index in [1.54, 1.807) is 0 Å². The summed E-state index contributed by atoms with van der Waals surface area (Å²) in [5.41, 5.74) is 5.64. The lowest BCUT2D eigenvalue weighted by Crippen LogP contribution is -2.87. The smallest absolute Gasteiger partial charge is 0.373 e. The molecule has 8 bridgehead atoms. The van der Waals surface area contributed by atoms with E-state index in [2.05, 4.69) is 0 Å². The molecule has 0 saturated carbocycles. The maximum absolute atomic E-state index is 7.31. The van der Waals surface area contributed by atoms with Crippen LogP contribution in [0.15, 0.2) is 72.1 Å². The Morgan fingerprint density at radius 3 is 0.833 bits per heavy atom. The zero-order valence-electron chi connectivity index (χ0n) is 28.2. The Kier molecular flexibility index (Phi) is 9.63. The molecule has 8 rings (SSSR count). The predicted octanol–water partition coefficient (Wildman–Crippen LogP) is 6.39. The van der Waals surface area contributed by atoms with Gasteiger partial charge in [-0.1, -0.05) is 114 Å².